The zero-order valence-corrected chi connectivity index (χ0v) is 15.2. The number of aryl methyl sites for hydroxylation is 2. The summed E-state index contributed by atoms with van der Waals surface area (Å²) >= 11 is 0. The highest BCUT2D eigenvalue weighted by Gasteiger charge is 2.06. The number of benzene rings is 1. The fraction of sp³-hybridized carbons (Fsp3) is 0.263. The molecule has 0 saturated heterocycles. The highest BCUT2D eigenvalue weighted by molar-refractivity contribution is 5.88. The number of carbonyl (C=O) groups excluding carboxylic acids is 1. The number of hydrogen-bond donors (Lipinski definition) is 2. The largest absolute Gasteiger partial charge is 0.368 e. The first-order valence-electron chi connectivity index (χ1n) is 8.47. The number of hydrogen-bond acceptors (Lipinski definition) is 5. The molecule has 2 N–H and O–H groups in total. The standard InChI is InChI=1S/C19H22N6O/c1-13-10-14(2)25(24-13)19-12-20-11-18(23-19)21-9-8-16-4-6-17(7-5-16)22-15(3)26/h4-7,10-12H,8-9H2,1-3H3,(H,21,23)(H,22,26). The van der Waals surface area contributed by atoms with Gasteiger partial charge in [0.05, 0.1) is 18.1 Å². The van der Waals surface area contributed by atoms with Gasteiger partial charge in [-0.25, -0.2) is 9.67 Å². The van der Waals surface area contributed by atoms with Gasteiger partial charge < -0.3 is 10.6 Å². The first kappa shape index (κ1) is 17.6. The zero-order valence-electron chi connectivity index (χ0n) is 15.2. The Kier molecular flexibility index (Phi) is 5.26. The Morgan fingerprint density at radius 2 is 1.92 bits per heavy atom. The second kappa shape index (κ2) is 7.77. The molecular formula is C19H22N6O. The Morgan fingerprint density at radius 1 is 1.15 bits per heavy atom. The van der Waals surface area contributed by atoms with E-state index in [1.54, 1.807) is 17.1 Å². The maximum atomic E-state index is 11.0. The van der Waals surface area contributed by atoms with Crippen LogP contribution in [0.25, 0.3) is 5.82 Å². The lowest BCUT2D eigenvalue weighted by Gasteiger charge is -2.09. The monoisotopic (exact) mass is 350 g/mol. The van der Waals surface area contributed by atoms with Gasteiger partial charge in [0.15, 0.2) is 5.82 Å². The normalized spacial score (nSPS) is 10.6. The van der Waals surface area contributed by atoms with Crippen LogP contribution in [0.1, 0.15) is 23.9 Å². The van der Waals surface area contributed by atoms with E-state index in [0.717, 1.165) is 30.0 Å². The van der Waals surface area contributed by atoms with Crippen molar-refractivity contribution in [1.82, 2.24) is 19.7 Å². The summed E-state index contributed by atoms with van der Waals surface area (Å²) in [6.07, 6.45) is 4.24. The van der Waals surface area contributed by atoms with Gasteiger partial charge in [0.2, 0.25) is 5.91 Å². The summed E-state index contributed by atoms with van der Waals surface area (Å²) in [5.74, 6) is 1.34. The molecule has 0 bridgehead atoms. The molecule has 0 aliphatic heterocycles. The van der Waals surface area contributed by atoms with Crippen LogP contribution in [0.3, 0.4) is 0 Å². The fourth-order valence-electron chi connectivity index (χ4n) is 2.70. The van der Waals surface area contributed by atoms with Crippen molar-refractivity contribution in [2.75, 3.05) is 17.2 Å². The number of amides is 1. The van der Waals surface area contributed by atoms with E-state index in [4.69, 9.17) is 0 Å². The summed E-state index contributed by atoms with van der Waals surface area (Å²) in [4.78, 5) is 19.9. The van der Waals surface area contributed by atoms with Crippen LogP contribution in [0.2, 0.25) is 0 Å². The molecule has 2 heterocycles. The van der Waals surface area contributed by atoms with Crippen molar-refractivity contribution < 1.29 is 4.79 Å². The molecule has 0 spiro atoms. The number of anilines is 2. The molecule has 2 aromatic heterocycles. The first-order valence-corrected chi connectivity index (χ1v) is 8.47. The van der Waals surface area contributed by atoms with E-state index in [9.17, 15) is 4.79 Å². The molecule has 0 fully saturated rings. The molecule has 1 aromatic carbocycles. The minimum absolute atomic E-state index is 0.0690. The smallest absolute Gasteiger partial charge is 0.221 e. The second-order valence-electron chi connectivity index (χ2n) is 6.16. The maximum absolute atomic E-state index is 11.0. The number of nitrogens with one attached hydrogen (secondary N) is 2. The van der Waals surface area contributed by atoms with E-state index in [2.05, 4.69) is 25.7 Å². The number of rotatable bonds is 6. The Labute approximate surface area is 152 Å². The third kappa shape index (κ3) is 4.44. The molecule has 7 nitrogen and oxygen atoms in total. The Bertz CT molecular complexity index is 901. The summed E-state index contributed by atoms with van der Waals surface area (Å²) in [5, 5.41) is 10.5. The van der Waals surface area contributed by atoms with Crippen LogP contribution < -0.4 is 10.6 Å². The van der Waals surface area contributed by atoms with E-state index in [-0.39, 0.29) is 5.91 Å². The van der Waals surface area contributed by atoms with Crippen LogP contribution in [0.5, 0.6) is 0 Å². The average Bonchev–Trinajstić information content (AvgIpc) is 2.95. The van der Waals surface area contributed by atoms with Crippen LogP contribution in [-0.4, -0.2) is 32.2 Å². The molecule has 1 amide bonds. The molecule has 7 heteroatoms. The quantitative estimate of drug-likeness (QED) is 0.714. The van der Waals surface area contributed by atoms with Crippen LogP contribution in [0.4, 0.5) is 11.5 Å². The number of nitrogens with zero attached hydrogens (tertiary/aromatic N) is 4. The number of carbonyl (C=O) groups is 1. The summed E-state index contributed by atoms with van der Waals surface area (Å²) in [5.41, 5.74) is 3.95. The lowest BCUT2D eigenvalue weighted by molar-refractivity contribution is -0.114. The Hall–Kier alpha value is -3.22. The second-order valence-corrected chi connectivity index (χ2v) is 6.16. The third-order valence-electron chi connectivity index (χ3n) is 3.84. The lowest BCUT2D eigenvalue weighted by atomic mass is 10.1. The summed E-state index contributed by atoms with van der Waals surface area (Å²) in [6.45, 7) is 6.18. The van der Waals surface area contributed by atoms with E-state index in [1.165, 1.54) is 12.5 Å². The predicted molar refractivity (Wildman–Crippen MR) is 102 cm³/mol. The van der Waals surface area contributed by atoms with Crippen molar-refractivity contribution in [3.63, 3.8) is 0 Å². The van der Waals surface area contributed by atoms with Gasteiger partial charge in [0, 0.05) is 24.8 Å². The van der Waals surface area contributed by atoms with E-state index in [0.29, 0.717) is 11.6 Å². The van der Waals surface area contributed by atoms with Crippen molar-refractivity contribution in [2.24, 2.45) is 0 Å². The molecule has 0 radical (unpaired) electrons. The third-order valence-corrected chi connectivity index (χ3v) is 3.84. The van der Waals surface area contributed by atoms with E-state index in [1.807, 2.05) is 44.2 Å². The highest BCUT2D eigenvalue weighted by atomic mass is 16.1. The van der Waals surface area contributed by atoms with Gasteiger partial charge in [-0.15, -0.1) is 0 Å². The summed E-state index contributed by atoms with van der Waals surface area (Å²) in [6, 6.07) is 9.82. The number of aromatic nitrogens is 4. The molecule has 0 saturated carbocycles. The average molecular weight is 350 g/mol. The molecule has 0 unspecified atom stereocenters. The SMILES string of the molecule is CC(=O)Nc1ccc(CCNc2cncc(-n3nc(C)cc3C)n2)cc1. The molecule has 3 aromatic rings. The topological polar surface area (TPSA) is 84.7 Å². The lowest BCUT2D eigenvalue weighted by Crippen LogP contribution is -2.10. The Balaban J connectivity index is 1.59. The highest BCUT2D eigenvalue weighted by Crippen LogP contribution is 2.12. The molecular weight excluding hydrogens is 328 g/mol. The van der Waals surface area contributed by atoms with Gasteiger partial charge in [-0.2, -0.15) is 5.10 Å². The van der Waals surface area contributed by atoms with Crippen molar-refractivity contribution >= 4 is 17.4 Å². The van der Waals surface area contributed by atoms with Crippen molar-refractivity contribution in [3.05, 3.63) is 59.7 Å². The van der Waals surface area contributed by atoms with E-state index >= 15 is 0 Å². The maximum Gasteiger partial charge on any atom is 0.221 e. The molecule has 0 aliphatic carbocycles. The van der Waals surface area contributed by atoms with Crippen molar-refractivity contribution in [2.45, 2.75) is 27.2 Å². The zero-order chi connectivity index (χ0) is 18.5. The van der Waals surface area contributed by atoms with Gasteiger partial charge >= 0.3 is 0 Å². The molecule has 0 atom stereocenters. The van der Waals surface area contributed by atoms with Gasteiger partial charge in [0.25, 0.3) is 0 Å². The minimum Gasteiger partial charge on any atom is -0.368 e. The van der Waals surface area contributed by atoms with E-state index < -0.39 is 0 Å². The molecule has 26 heavy (non-hydrogen) atoms. The van der Waals surface area contributed by atoms with Crippen LogP contribution in [0, 0.1) is 13.8 Å². The molecule has 3 rings (SSSR count). The van der Waals surface area contributed by atoms with Crippen LogP contribution >= 0.6 is 0 Å². The Morgan fingerprint density at radius 3 is 2.58 bits per heavy atom. The fourth-order valence-corrected chi connectivity index (χ4v) is 2.70. The van der Waals surface area contributed by atoms with Crippen molar-refractivity contribution in [3.8, 4) is 5.82 Å². The predicted octanol–water partition coefficient (Wildman–Crippen LogP) is 2.89. The van der Waals surface area contributed by atoms with Crippen LogP contribution in [0.15, 0.2) is 42.7 Å². The first-order chi connectivity index (χ1) is 12.5. The minimum atomic E-state index is -0.0690. The van der Waals surface area contributed by atoms with Crippen molar-refractivity contribution in [1.29, 1.82) is 0 Å². The molecule has 134 valence electrons. The van der Waals surface area contributed by atoms with Gasteiger partial charge in [-0.1, -0.05) is 12.1 Å². The van der Waals surface area contributed by atoms with Gasteiger partial charge in [-0.3, -0.25) is 9.78 Å². The summed E-state index contributed by atoms with van der Waals surface area (Å²) < 4.78 is 1.79. The van der Waals surface area contributed by atoms with Crippen LogP contribution in [-0.2, 0) is 11.2 Å². The molecule has 0 aliphatic rings. The van der Waals surface area contributed by atoms with Gasteiger partial charge in [0.1, 0.15) is 5.82 Å². The van der Waals surface area contributed by atoms with Gasteiger partial charge in [-0.05, 0) is 44.0 Å². The summed E-state index contributed by atoms with van der Waals surface area (Å²) in [7, 11) is 0.